The first-order valence-corrected chi connectivity index (χ1v) is 8.38. The van der Waals surface area contributed by atoms with E-state index in [4.69, 9.17) is 5.73 Å². The number of piperidine rings is 1. The number of carbonyl (C=O) groups is 2. The van der Waals surface area contributed by atoms with E-state index in [1.807, 2.05) is 6.92 Å². The molecule has 1 atom stereocenters. The third-order valence-corrected chi connectivity index (χ3v) is 4.78. The summed E-state index contributed by atoms with van der Waals surface area (Å²) in [6.07, 6.45) is 2.70. The van der Waals surface area contributed by atoms with E-state index in [0.717, 1.165) is 45.0 Å². The van der Waals surface area contributed by atoms with Crippen LogP contribution >= 0.6 is 0 Å². The SMILES string of the molecule is CCNC(=NCC(C)(C)C(N)=O)N1CCCC2(CNC(=O)C2)C1. The van der Waals surface area contributed by atoms with Gasteiger partial charge in [0.25, 0.3) is 0 Å². The van der Waals surface area contributed by atoms with Crippen molar-refractivity contribution < 1.29 is 9.59 Å². The molecule has 7 heteroatoms. The fraction of sp³-hybridized carbons (Fsp3) is 0.812. The Morgan fingerprint density at radius 1 is 1.52 bits per heavy atom. The minimum absolute atomic E-state index is 0.0186. The maximum atomic E-state index is 11.6. The van der Waals surface area contributed by atoms with Gasteiger partial charge in [-0.3, -0.25) is 14.6 Å². The number of likely N-dealkylation sites (tertiary alicyclic amines) is 1. The van der Waals surface area contributed by atoms with Gasteiger partial charge in [0.1, 0.15) is 0 Å². The van der Waals surface area contributed by atoms with Crippen LogP contribution in [0.15, 0.2) is 4.99 Å². The molecule has 1 spiro atoms. The number of guanidine groups is 1. The van der Waals surface area contributed by atoms with Crippen LogP contribution in [0.4, 0.5) is 0 Å². The lowest BCUT2D eigenvalue weighted by Gasteiger charge is -2.41. The number of amides is 2. The van der Waals surface area contributed by atoms with Gasteiger partial charge in [-0.1, -0.05) is 0 Å². The van der Waals surface area contributed by atoms with Crippen LogP contribution in [-0.2, 0) is 9.59 Å². The highest BCUT2D eigenvalue weighted by Gasteiger charge is 2.42. The van der Waals surface area contributed by atoms with Crippen LogP contribution in [0, 0.1) is 10.8 Å². The molecule has 2 aliphatic rings. The van der Waals surface area contributed by atoms with Gasteiger partial charge in [0.05, 0.1) is 12.0 Å². The van der Waals surface area contributed by atoms with Crippen molar-refractivity contribution in [3.05, 3.63) is 0 Å². The van der Waals surface area contributed by atoms with Crippen LogP contribution in [0.5, 0.6) is 0 Å². The summed E-state index contributed by atoms with van der Waals surface area (Å²) in [5.41, 5.74) is 4.78. The Morgan fingerprint density at radius 2 is 2.26 bits per heavy atom. The maximum absolute atomic E-state index is 11.6. The minimum atomic E-state index is -0.668. The number of aliphatic imine (C=N–C) groups is 1. The summed E-state index contributed by atoms with van der Waals surface area (Å²) in [6.45, 7) is 9.22. The Labute approximate surface area is 138 Å². The third-order valence-electron chi connectivity index (χ3n) is 4.78. The van der Waals surface area contributed by atoms with Crippen LogP contribution in [0.25, 0.3) is 0 Å². The summed E-state index contributed by atoms with van der Waals surface area (Å²) in [4.78, 5) is 29.9. The molecule has 2 aliphatic heterocycles. The molecule has 130 valence electrons. The number of nitrogens with one attached hydrogen (secondary N) is 2. The van der Waals surface area contributed by atoms with Gasteiger partial charge in [-0.25, -0.2) is 0 Å². The Kier molecular flexibility index (Phi) is 5.16. The summed E-state index contributed by atoms with van der Waals surface area (Å²) in [6, 6.07) is 0. The van der Waals surface area contributed by atoms with E-state index in [9.17, 15) is 9.59 Å². The third kappa shape index (κ3) is 4.14. The number of carbonyl (C=O) groups excluding carboxylic acids is 2. The lowest BCUT2D eigenvalue weighted by atomic mass is 9.79. The standard InChI is InChI=1S/C16H29N5O2/c1-4-18-14(20-9-15(2,3)13(17)23)21-7-5-6-16(11-21)8-12(22)19-10-16/h4-11H2,1-3H3,(H2,17,23)(H,18,20)(H,19,22). The van der Waals surface area contributed by atoms with E-state index in [0.29, 0.717) is 13.0 Å². The second kappa shape index (κ2) is 6.76. The fourth-order valence-corrected chi connectivity index (χ4v) is 3.21. The van der Waals surface area contributed by atoms with Crippen LogP contribution in [-0.4, -0.2) is 55.4 Å². The number of hydrogen-bond donors (Lipinski definition) is 3. The minimum Gasteiger partial charge on any atom is -0.369 e. The van der Waals surface area contributed by atoms with Crippen molar-refractivity contribution in [1.29, 1.82) is 0 Å². The first-order valence-electron chi connectivity index (χ1n) is 8.38. The first-order chi connectivity index (χ1) is 10.8. The summed E-state index contributed by atoms with van der Waals surface area (Å²) < 4.78 is 0. The Morgan fingerprint density at radius 3 is 2.83 bits per heavy atom. The second-order valence-electron chi connectivity index (χ2n) is 7.40. The smallest absolute Gasteiger partial charge is 0.224 e. The molecule has 1 unspecified atom stereocenters. The molecule has 0 aromatic heterocycles. The van der Waals surface area contributed by atoms with Crippen molar-refractivity contribution in [2.24, 2.45) is 21.6 Å². The number of rotatable bonds is 4. The van der Waals surface area contributed by atoms with Gasteiger partial charge >= 0.3 is 0 Å². The van der Waals surface area contributed by atoms with E-state index < -0.39 is 5.41 Å². The molecule has 0 aliphatic carbocycles. The molecular weight excluding hydrogens is 294 g/mol. The van der Waals surface area contributed by atoms with Crippen molar-refractivity contribution in [2.75, 3.05) is 32.7 Å². The summed E-state index contributed by atoms with van der Waals surface area (Å²) in [7, 11) is 0. The fourth-order valence-electron chi connectivity index (χ4n) is 3.21. The van der Waals surface area contributed by atoms with Gasteiger partial charge in [0, 0.05) is 38.0 Å². The molecule has 2 heterocycles. The van der Waals surface area contributed by atoms with Gasteiger partial charge in [-0.15, -0.1) is 0 Å². The van der Waals surface area contributed by atoms with Crippen LogP contribution in [0.2, 0.25) is 0 Å². The molecule has 0 aromatic carbocycles. The van der Waals surface area contributed by atoms with Gasteiger partial charge in [0.15, 0.2) is 5.96 Å². The van der Waals surface area contributed by atoms with E-state index >= 15 is 0 Å². The number of hydrogen-bond acceptors (Lipinski definition) is 3. The zero-order chi connectivity index (χ0) is 17.1. The van der Waals surface area contributed by atoms with Gasteiger partial charge < -0.3 is 21.3 Å². The van der Waals surface area contributed by atoms with E-state index in [2.05, 4.69) is 20.5 Å². The van der Waals surface area contributed by atoms with Gasteiger partial charge in [-0.2, -0.15) is 0 Å². The Hall–Kier alpha value is -1.79. The van der Waals surface area contributed by atoms with Crippen molar-refractivity contribution in [2.45, 2.75) is 40.0 Å². The van der Waals surface area contributed by atoms with E-state index in [1.165, 1.54) is 0 Å². The predicted molar refractivity (Wildman–Crippen MR) is 89.8 cm³/mol. The summed E-state index contributed by atoms with van der Waals surface area (Å²) >= 11 is 0. The molecule has 0 bridgehead atoms. The predicted octanol–water partition coefficient (Wildman–Crippen LogP) is 0.0655. The average molecular weight is 323 g/mol. The van der Waals surface area contributed by atoms with Crippen LogP contribution in [0.3, 0.4) is 0 Å². The number of nitrogens with zero attached hydrogens (tertiary/aromatic N) is 2. The van der Waals surface area contributed by atoms with Gasteiger partial charge in [0.2, 0.25) is 11.8 Å². The normalized spacial score (nSPS) is 25.6. The van der Waals surface area contributed by atoms with E-state index in [-0.39, 0.29) is 17.2 Å². The molecule has 2 amide bonds. The zero-order valence-electron chi connectivity index (χ0n) is 14.4. The molecular formula is C16H29N5O2. The first kappa shape index (κ1) is 17.6. The Balaban J connectivity index is 2.10. The van der Waals surface area contributed by atoms with Gasteiger partial charge in [-0.05, 0) is 33.6 Å². The zero-order valence-corrected chi connectivity index (χ0v) is 14.4. The van der Waals surface area contributed by atoms with Crippen LogP contribution < -0.4 is 16.4 Å². The second-order valence-corrected chi connectivity index (χ2v) is 7.40. The highest BCUT2D eigenvalue weighted by Crippen LogP contribution is 2.36. The molecule has 2 fully saturated rings. The van der Waals surface area contributed by atoms with Crippen LogP contribution in [0.1, 0.15) is 40.0 Å². The summed E-state index contributed by atoms with van der Waals surface area (Å²) in [5, 5.41) is 6.26. The quantitative estimate of drug-likeness (QED) is 0.503. The van der Waals surface area contributed by atoms with Crippen molar-refractivity contribution in [3.63, 3.8) is 0 Å². The molecule has 23 heavy (non-hydrogen) atoms. The molecule has 0 aromatic rings. The molecule has 2 rings (SSSR count). The number of nitrogens with two attached hydrogens (primary N) is 1. The number of primary amides is 1. The molecule has 2 saturated heterocycles. The van der Waals surface area contributed by atoms with Crippen molar-refractivity contribution in [3.8, 4) is 0 Å². The monoisotopic (exact) mass is 323 g/mol. The van der Waals surface area contributed by atoms with Crippen molar-refractivity contribution >= 4 is 17.8 Å². The topological polar surface area (TPSA) is 99.8 Å². The highest BCUT2D eigenvalue weighted by atomic mass is 16.2. The van der Waals surface area contributed by atoms with Crippen molar-refractivity contribution in [1.82, 2.24) is 15.5 Å². The van der Waals surface area contributed by atoms with E-state index in [1.54, 1.807) is 13.8 Å². The summed E-state index contributed by atoms with van der Waals surface area (Å²) in [5.74, 6) is 0.599. The maximum Gasteiger partial charge on any atom is 0.224 e. The molecule has 0 radical (unpaired) electrons. The molecule has 4 N–H and O–H groups in total. The average Bonchev–Trinajstić information content (AvgIpc) is 2.83. The molecule has 7 nitrogen and oxygen atoms in total. The lowest BCUT2D eigenvalue weighted by molar-refractivity contribution is -0.125. The highest BCUT2D eigenvalue weighted by molar-refractivity contribution is 5.83. The lowest BCUT2D eigenvalue weighted by Crippen LogP contribution is -2.51. The molecule has 0 saturated carbocycles. The Bertz CT molecular complexity index is 503. The largest absolute Gasteiger partial charge is 0.369 e.